The fourth-order valence-corrected chi connectivity index (χ4v) is 3.14. The van der Waals surface area contributed by atoms with E-state index < -0.39 is 35.5 Å². The van der Waals surface area contributed by atoms with Gasteiger partial charge in [-0.25, -0.2) is 4.79 Å². The molecule has 0 saturated heterocycles. The molecule has 9 heteroatoms. The van der Waals surface area contributed by atoms with Crippen LogP contribution < -0.4 is 4.74 Å². The summed E-state index contributed by atoms with van der Waals surface area (Å²) >= 11 is 0. The van der Waals surface area contributed by atoms with Crippen LogP contribution in [0, 0.1) is 13.8 Å². The number of benzene rings is 1. The van der Waals surface area contributed by atoms with Gasteiger partial charge in [-0.1, -0.05) is 12.1 Å². The number of ether oxygens (including phenoxy) is 2. The molecule has 0 saturated carbocycles. The van der Waals surface area contributed by atoms with E-state index in [9.17, 15) is 27.6 Å². The van der Waals surface area contributed by atoms with Crippen LogP contribution in [-0.2, 0) is 20.7 Å². The van der Waals surface area contributed by atoms with E-state index in [1.807, 2.05) is 0 Å². The molecular weight excluding hydrogens is 391 g/mol. The Hall–Kier alpha value is -3.10. The Morgan fingerprint density at radius 2 is 1.69 bits per heavy atom. The molecule has 29 heavy (non-hydrogen) atoms. The van der Waals surface area contributed by atoms with Gasteiger partial charge in [-0.3, -0.25) is 9.59 Å². The van der Waals surface area contributed by atoms with Crippen LogP contribution in [0.5, 0.6) is 5.75 Å². The third-order valence-electron chi connectivity index (χ3n) is 4.39. The van der Waals surface area contributed by atoms with Crippen molar-refractivity contribution in [3.63, 3.8) is 0 Å². The summed E-state index contributed by atoms with van der Waals surface area (Å²) in [4.78, 5) is 35.1. The van der Waals surface area contributed by atoms with Gasteiger partial charge < -0.3 is 14.0 Å². The highest BCUT2D eigenvalue weighted by Crippen LogP contribution is 2.29. The van der Waals surface area contributed by atoms with Gasteiger partial charge in [-0.2, -0.15) is 13.2 Å². The predicted octanol–water partition coefficient (Wildman–Crippen LogP) is 3.73. The zero-order chi connectivity index (χ0) is 21.9. The number of esters is 2. The number of alkyl halides is 3. The largest absolute Gasteiger partial charge is 0.467 e. The summed E-state index contributed by atoms with van der Waals surface area (Å²) in [6.45, 7) is 4.13. The molecular formula is C20H20F3NO5. The Morgan fingerprint density at radius 1 is 1.10 bits per heavy atom. The third-order valence-corrected chi connectivity index (χ3v) is 4.39. The minimum atomic E-state index is -5.02. The first kappa shape index (κ1) is 22.2. The van der Waals surface area contributed by atoms with Gasteiger partial charge in [0.25, 0.3) is 5.78 Å². The second-order valence-corrected chi connectivity index (χ2v) is 6.46. The van der Waals surface area contributed by atoms with Gasteiger partial charge in [-0.05, 0) is 37.6 Å². The molecule has 1 unspecified atom stereocenters. The van der Waals surface area contributed by atoms with Crippen molar-refractivity contribution < 1.29 is 37.0 Å². The SMILES string of the molecule is COC(=O)C(Cc1ccc(OC(C)=O)cc1)n1c(C)cc(C(=O)C(F)(F)F)c1C. The summed E-state index contributed by atoms with van der Waals surface area (Å²) in [6.07, 6.45) is -4.92. The number of carbonyl (C=O) groups is 3. The van der Waals surface area contributed by atoms with E-state index >= 15 is 0 Å². The molecule has 2 aromatic rings. The minimum Gasteiger partial charge on any atom is -0.467 e. The number of carbonyl (C=O) groups excluding carboxylic acids is 3. The molecule has 1 atom stereocenters. The average Bonchev–Trinajstić information content (AvgIpc) is 2.92. The Labute approximate surface area is 165 Å². The van der Waals surface area contributed by atoms with Crippen LogP contribution in [-0.4, -0.2) is 35.6 Å². The molecule has 0 N–H and O–H groups in total. The van der Waals surface area contributed by atoms with Gasteiger partial charge >= 0.3 is 18.1 Å². The summed E-state index contributed by atoms with van der Waals surface area (Å²) in [5.41, 5.74) is 0.500. The molecule has 0 fully saturated rings. The number of ketones is 1. The fourth-order valence-electron chi connectivity index (χ4n) is 3.14. The van der Waals surface area contributed by atoms with Crippen molar-refractivity contribution in [1.82, 2.24) is 4.57 Å². The molecule has 1 aromatic heterocycles. The van der Waals surface area contributed by atoms with Crippen LogP contribution >= 0.6 is 0 Å². The van der Waals surface area contributed by atoms with Gasteiger partial charge in [0.2, 0.25) is 0 Å². The smallest absolute Gasteiger partial charge is 0.454 e. The summed E-state index contributed by atoms with van der Waals surface area (Å²) in [5.74, 6) is -2.79. The molecule has 0 amide bonds. The lowest BCUT2D eigenvalue weighted by Gasteiger charge is -2.21. The number of aryl methyl sites for hydroxylation is 1. The second-order valence-electron chi connectivity index (χ2n) is 6.46. The van der Waals surface area contributed by atoms with E-state index in [2.05, 4.69) is 0 Å². The lowest BCUT2D eigenvalue weighted by molar-refractivity contribution is -0.144. The van der Waals surface area contributed by atoms with Gasteiger partial charge in [0.1, 0.15) is 11.8 Å². The average molecular weight is 411 g/mol. The van der Waals surface area contributed by atoms with Crippen LogP contribution in [0.25, 0.3) is 0 Å². The van der Waals surface area contributed by atoms with Crippen LogP contribution in [0.2, 0.25) is 0 Å². The number of hydrogen-bond acceptors (Lipinski definition) is 5. The van der Waals surface area contributed by atoms with Gasteiger partial charge in [0.15, 0.2) is 0 Å². The minimum absolute atomic E-state index is 0.0248. The van der Waals surface area contributed by atoms with Crippen molar-refractivity contribution in [3.05, 3.63) is 52.8 Å². The highest BCUT2D eigenvalue weighted by atomic mass is 19.4. The Morgan fingerprint density at radius 3 is 2.17 bits per heavy atom. The molecule has 2 rings (SSSR count). The summed E-state index contributed by atoms with van der Waals surface area (Å²) in [6, 6.07) is 6.48. The predicted molar refractivity (Wildman–Crippen MR) is 96.8 cm³/mol. The summed E-state index contributed by atoms with van der Waals surface area (Å²) < 4.78 is 49.8. The Balaban J connectivity index is 2.41. The van der Waals surface area contributed by atoms with Crippen molar-refractivity contribution in [3.8, 4) is 5.75 Å². The Kier molecular flexibility index (Phi) is 6.51. The van der Waals surface area contributed by atoms with E-state index in [0.717, 1.165) is 6.07 Å². The highest BCUT2D eigenvalue weighted by Gasteiger charge is 2.41. The zero-order valence-electron chi connectivity index (χ0n) is 16.3. The summed E-state index contributed by atoms with van der Waals surface area (Å²) in [7, 11) is 1.18. The zero-order valence-corrected chi connectivity index (χ0v) is 16.3. The number of hydrogen-bond donors (Lipinski definition) is 0. The maximum absolute atomic E-state index is 12.9. The van der Waals surface area contributed by atoms with Crippen LogP contribution in [0.1, 0.15) is 40.3 Å². The summed E-state index contributed by atoms with van der Waals surface area (Å²) in [5, 5.41) is 0. The van der Waals surface area contributed by atoms with E-state index in [-0.39, 0.29) is 12.1 Å². The molecule has 0 aliphatic carbocycles. The highest BCUT2D eigenvalue weighted by molar-refractivity contribution is 6.01. The van der Waals surface area contributed by atoms with Crippen molar-refractivity contribution in [2.24, 2.45) is 0 Å². The van der Waals surface area contributed by atoms with E-state index in [0.29, 0.717) is 17.0 Å². The molecule has 0 spiro atoms. The third kappa shape index (κ3) is 5.04. The van der Waals surface area contributed by atoms with E-state index in [4.69, 9.17) is 9.47 Å². The quantitative estimate of drug-likeness (QED) is 0.411. The first-order chi connectivity index (χ1) is 13.5. The number of halogens is 3. The number of nitrogens with zero attached hydrogens (tertiary/aromatic N) is 1. The molecule has 0 radical (unpaired) electrons. The second kappa shape index (κ2) is 8.50. The first-order valence-corrected chi connectivity index (χ1v) is 8.60. The van der Waals surface area contributed by atoms with Crippen molar-refractivity contribution in [2.45, 2.75) is 39.4 Å². The first-order valence-electron chi connectivity index (χ1n) is 8.60. The van der Waals surface area contributed by atoms with Crippen molar-refractivity contribution in [2.75, 3.05) is 7.11 Å². The maximum Gasteiger partial charge on any atom is 0.454 e. The standard InChI is InChI=1S/C20H20F3NO5/c1-11-9-16(18(26)20(21,22)23)12(2)24(11)17(19(27)28-4)10-14-5-7-15(8-6-14)29-13(3)25/h5-9,17H,10H2,1-4H3. The van der Waals surface area contributed by atoms with Gasteiger partial charge in [-0.15, -0.1) is 0 Å². The van der Waals surface area contributed by atoms with E-state index in [1.54, 1.807) is 24.3 Å². The van der Waals surface area contributed by atoms with Gasteiger partial charge in [0, 0.05) is 30.3 Å². The van der Waals surface area contributed by atoms with Gasteiger partial charge in [0.05, 0.1) is 7.11 Å². The normalized spacial score (nSPS) is 12.4. The van der Waals surface area contributed by atoms with Crippen molar-refractivity contribution in [1.29, 1.82) is 0 Å². The molecule has 6 nitrogen and oxygen atoms in total. The van der Waals surface area contributed by atoms with Crippen LogP contribution in [0.4, 0.5) is 13.2 Å². The molecule has 1 heterocycles. The molecule has 0 aliphatic rings. The topological polar surface area (TPSA) is 74.6 Å². The van der Waals surface area contributed by atoms with Crippen LogP contribution in [0.15, 0.2) is 30.3 Å². The number of methoxy groups -OCH3 is 1. The lowest BCUT2D eigenvalue weighted by Crippen LogP contribution is -2.26. The number of aromatic nitrogens is 1. The number of rotatable bonds is 6. The fraction of sp³-hybridized carbons (Fsp3) is 0.350. The van der Waals surface area contributed by atoms with Crippen molar-refractivity contribution >= 4 is 17.7 Å². The molecule has 0 aliphatic heterocycles. The van der Waals surface area contributed by atoms with E-state index in [1.165, 1.54) is 32.4 Å². The molecule has 0 bridgehead atoms. The molecule has 156 valence electrons. The monoisotopic (exact) mass is 411 g/mol. The lowest BCUT2D eigenvalue weighted by atomic mass is 10.0. The molecule has 1 aromatic carbocycles. The van der Waals surface area contributed by atoms with Crippen LogP contribution in [0.3, 0.4) is 0 Å². The number of Topliss-reactive ketones (excluding diaryl/α,β-unsaturated/α-hetero) is 1. The Bertz CT molecular complexity index is 929. The maximum atomic E-state index is 12.9.